The summed E-state index contributed by atoms with van der Waals surface area (Å²) in [6.07, 6.45) is 2.35. The average molecular weight is 381 g/mol. The van der Waals surface area contributed by atoms with Gasteiger partial charge in [0.15, 0.2) is 10.9 Å². The summed E-state index contributed by atoms with van der Waals surface area (Å²) in [4.78, 5) is 13.2. The highest BCUT2D eigenvalue weighted by Crippen LogP contribution is 2.39. The predicted octanol–water partition coefficient (Wildman–Crippen LogP) is 4.69. The van der Waals surface area contributed by atoms with Gasteiger partial charge in [0.1, 0.15) is 5.82 Å². The molecule has 0 radical (unpaired) electrons. The summed E-state index contributed by atoms with van der Waals surface area (Å²) in [5.41, 5.74) is 3.91. The minimum atomic E-state index is -0.212. The molecule has 5 nitrogen and oxygen atoms in total. The number of Topliss-reactive ketones (excluding diaryl/α,β-unsaturated/α-hetero) is 1. The average Bonchev–Trinajstić information content (AvgIpc) is 3.36. The number of carbonyl (C=O) groups excluding carboxylic acids is 1. The Labute approximate surface area is 163 Å². The number of rotatable bonds is 6. The maximum absolute atomic E-state index is 13.2. The third-order valence-electron chi connectivity index (χ3n) is 5.11. The molecule has 2 heterocycles. The number of hydrogen-bond acceptors (Lipinski definition) is 4. The smallest absolute Gasteiger partial charge is 0.192 e. The highest BCUT2D eigenvalue weighted by atomic mass is 32.2. The molecule has 1 aromatic carbocycles. The Balaban J connectivity index is 1.60. The molecule has 0 unspecified atom stereocenters. The van der Waals surface area contributed by atoms with Crippen LogP contribution in [0.3, 0.4) is 0 Å². The predicted molar refractivity (Wildman–Crippen MR) is 108 cm³/mol. The molecule has 1 atom stereocenters. The van der Waals surface area contributed by atoms with Crippen LogP contribution in [0.2, 0.25) is 0 Å². The van der Waals surface area contributed by atoms with Crippen LogP contribution >= 0.6 is 11.8 Å². The van der Waals surface area contributed by atoms with Crippen molar-refractivity contribution in [3.05, 3.63) is 59.2 Å². The molecule has 6 heteroatoms. The topological polar surface area (TPSA) is 52.7 Å². The molecule has 2 aromatic heterocycles. The van der Waals surface area contributed by atoms with E-state index in [1.165, 1.54) is 24.6 Å². The highest BCUT2D eigenvalue weighted by molar-refractivity contribution is 8.00. The summed E-state index contributed by atoms with van der Waals surface area (Å²) in [5.74, 6) is 1.07. The van der Waals surface area contributed by atoms with E-state index in [0.717, 1.165) is 33.6 Å². The summed E-state index contributed by atoms with van der Waals surface area (Å²) in [5, 5.41) is 9.16. The first-order valence-corrected chi connectivity index (χ1v) is 10.2. The highest BCUT2D eigenvalue weighted by Gasteiger charge is 2.30. The lowest BCUT2D eigenvalue weighted by atomic mass is 10.1. The zero-order chi connectivity index (χ0) is 19.1. The van der Waals surface area contributed by atoms with Crippen LogP contribution < -0.4 is 0 Å². The van der Waals surface area contributed by atoms with Gasteiger partial charge >= 0.3 is 0 Å². The van der Waals surface area contributed by atoms with Crippen LogP contribution in [-0.2, 0) is 0 Å². The van der Waals surface area contributed by atoms with E-state index in [1.807, 2.05) is 52.0 Å². The number of aromatic nitrogens is 4. The van der Waals surface area contributed by atoms with E-state index in [2.05, 4.69) is 31.5 Å². The van der Waals surface area contributed by atoms with E-state index < -0.39 is 0 Å². The van der Waals surface area contributed by atoms with Gasteiger partial charge in [0.25, 0.3) is 0 Å². The van der Waals surface area contributed by atoms with E-state index >= 15 is 0 Å². The van der Waals surface area contributed by atoms with Gasteiger partial charge in [-0.15, -0.1) is 10.2 Å². The number of ketones is 1. The Hall–Kier alpha value is -2.34. The van der Waals surface area contributed by atoms with Crippen LogP contribution in [0.15, 0.2) is 41.6 Å². The first-order chi connectivity index (χ1) is 13.0. The van der Waals surface area contributed by atoms with Gasteiger partial charge < -0.3 is 9.13 Å². The van der Waals surface area contributed by atoms with Gasteiger partial charge in [-0.05, 0) is 58.7 Å². The molecule has 0 amide bonds. The molecule has 1 aliphatic rings. The lowest BCUT2D eigenvalue weighted by Gasteiger charge is -2.12. The van der Waals surface area contributed by atoms with E-state index in [-0.39, 0.29) is 11.0 Å². The molecule has 0 N–H and O–H groups in total. The third kappa shape index (κ3) is 3.34. The van der Waals surface area contributed by atoms with E-state index in [9.17, 15) is 4.79 Å². The summed E-state index contributed by atoms with van der Waals surface area (Å²) < 4.78 is 4.32. The fourth-order valence-electron chi connectivity index (χ4n) is 3.60. The fraction of sp³-hybridized carbons (Fsp3) is 0.381. The van der Waals surface area contributed by atoms with Gasteiger partial charge in [-0.25, -0.2) is 0 Å². The summed E-state index contributed by atoms with van der Waals surface area (Å²) in [7, 11) is 0. The molecular formula is C21H24N4OS. The normalized spacial score (nSPS) is 15.1. The number of hydrogen-bond donors (Lipinski definition) is 0. The zero-order valence-corrected chi connectivity index (χ0v) is 17.0. The number of aryl methyl sites for hydroxylation is 2. The van der Waals surface area contributed by atoms with Crippen molar-refractivity contribution in [2.24, 2.45) is 0 Å². The minimum Gasteiger partial charge on any atom is -0.318 e. The van der Waals surface area contributed by atoms with Crippen molar-refractivity contribution in [3.8, 4) is 5.69 Å². The zero-order valence-electron chi connectivity index (χ0n) is 16.1. The van der Waals surface area contributed by atoms with Crippen molar-refractivity contribution in [3.63, 3.8) is 0 Å². The maximum Gasteiger partial charge on any atom is 0.192 e. The van der Waals surface area contributed by atoms with E-state index in [1.54, 1.807) is 0 Å². The molecule has 27 heavy (non-hydrogen) atoms. The summed E-state index contributed by atoms with van der Waals surface area (Å²) in [6, 6.07) is 12.7. The van der Waals surface area contributed by atoms with Crippen LogP contribution in [0.1, 0.15) is 53.4 Å². The molecule has 0 spiro atoms. The third-order valence-corrected chi connectivity index (χ3v) is 6.17. The van der Waals surface area contributed by atoms with Gasteiger partial charge in [-0.2, -0.15) is 0 Å². The molecule has 0 saturated heterocycles. The van der Waals surface area contributed by atoms with Crippen molar-refractivity contribution >= 4 is 17.5 Å². The van der Waals surface area contributed by atoms with Crippen molar-refractivity contribution in [1.82, 2.24) is 19.3 Å². The first kappa shape index (κ1) is 18.0. The second-order valence-electron chi connectivity index (χ2n) is 7.21. The van der Waals surface area contributed by atoms with Gasteiger partial charge in [-0.3, -0.25) is 4.79 Å². The van der Waals surface area contributed by atoms with Crippen LogP contribution in [0, 0.1) is 20.8 Å². The SMILES string of the molecule is Cc1cc(C(=O)[C@H](C)Sc2nnc(C)n2C2CC2)c(C)n1-c1ccccc1. The van der Waals surface area contributed by atoms with Crippen LogP contribution in [-0.4, -0.2) is 30.4 Å². The standard InChI is InChI=1S/C21H24N4OS/c1-13-12-19(14(2)24(13)17-8-6-5-7-9-17)20(26)15(3)27-21-23-22-16(4)25(21)18-10-11-18/h5-9,12,15,18H,10-11H2,1-4H3/t15-/m0/s1. The van der Waals surface area contributed by atoms with Crippen molar-refractivity contribution in [2.75, 3.05) is 0 Å². The molecule has 0 aliphatic heterocycles. The van der Waals surface area contributed by atoms with Crippen molar-refractivity contribution in [2.45, 2.75) is 57.0 Å². The Morgan fingerprint density at radius 2 is 1.85 bits per heavy atom. The Morgan fingerprint density at radius 1 is 1.15 bits per heavy atom. The second-order valence-corrected chi connectivity index (χ2v) is 8.52. The number of nitrogens with zero attached hydrogens (tertiary/aromatic N) is 4. The summed E-state index contributed by atoms with van der Waals surface area (Å²) in [6.45, 7) is 8.00. The molecular weight excluding hydrogens is 356 g/mol. The lowest BCUT2D eigenvalue weighted by molar-refractivity contribution is 0.0993. The molecule has 4 rings (SSSR count). The molecule has 3 aromatic rings. The van der Waals surface area contributed by atoms with Crippen molar-refractivity contribution in [1.29, 1.82) is 0 Å². The minimum absolute atomic E-state index is 0.137. The number of thioether (sulfide) groups is 1. The molecule has 1 saturated carbocycles. The largest absolute Gasteiger partial charge is 0.318 e. The molecule has 140 valence electrons. The van der Waals surface area contributed by atoms with Crippen LogP contribution in [0.4, 0.5) is 0 Å². The van der Waals surface area contributed by atoms with Crippen LogP contribution in [0.5, 0.6) is 0 Å². The molecule has 1 aliphatic carbocycles. The Morgan fingerprint density at radius 3 is 2.52 bits per heavy atom. The maximum atomic E-state index is 13.2. The molecule has 1 fully saturated rings. The van der Waals surface area contributed by atoms with Gasteiger partial charge in [0.2, 0.25) is 0 Å². The van der Waals surface area contributed by atoms with E-state index in [0.29, 0.717) is 6.04 Å². The second kappa shape index (κ2) is 7.00. The van der Waals surface area contributed by atoms with Gasteiger partial charge in [0.05, 0.1) is 5.25 Å². The molecule has 0 bridgehead atoms. The quantitative estimate of drug-likeness (QED) is 0.460. The van der Waals surface area contributed by atoms with Gasteiger partial charge in [0, 0.05) is 28.7 Å². The fourth-order valence-corrected chi connectivity index (χ4v) is 4.63. The lowest BCUT2D eigenvalue weighted by Crippen LogP contribution is -2.15. The monoisotopic (exact) mass is 380 g/mol. The van der Waals surface area contributed by atoms with E-state index in [4.69, 9.17) is 0 Å². The Kier molecular flexibility index (Phi) is 4.68. The van der Waals surface area contributed by atoms with Crippen LogP contribution in [0.25, 0.3) is 5.69 Å². The number of carbonyl (C=O) groups is 1. The first-order valence-electron chi connectivity index (χ1n) is 9.34. The van der Waals surface area contributed by atoms with Crippen molar-refractivity contribution < 1.29 is 4.79 Å². The number of benzene rings is 1. The number of para-hydroxylation sites is 1. The Bertz CT molecular complexity index is 985. The van der Waals surface area contributed by atoms with Gasteiger partial charge in [-0.1, -0.05) is 30.0 Å². The summed E-state index contributed by atoms with van der Waals surface area (Å²) >= 11 is 1.51.